The minimum atomic E-state index is -1.10. The predicted molar refractivity (Wildman–Crippen MR) is 66.3 cm³/mol. The minimum absolute atomic E-state index is 0.0334. The third-order valence-corrected chi connectivity index (χ3v) is 2.89. The first-order chi connectivity index (χ1) is 8.58. The van der Waals surface area contributed by atoms with Gasteiger partial charge in [0.2, 0.25) is 0 Å². The zero-order valence-corrected chi connectivity index (χ0v) is 10.3. The summed E-state index contributed by atoms with van der Waals surface area (Å²) in [6.45, 7) is 0. The van der Waals surface area contributed by atoms with Crippen LogP contribution < -0.4 is 5.32 Å². The van der Waals surface area contributed by atoms with E-state index in [1.54, 1.807) is 0 Å². The van der Waals surface area contributed by atoms with Gasteiger partial charge in [-0.15, -0.1) is 5.10 Å². The van der Waals surface area contributed by atoms with E-state index in [0.717, 1.165) is 11.5 Å². The van der Waals surface area contributed by atoms with Crippen molar-refractivity contribution in [1.29, 1.82) is 0 Å². The highest BCUT2D eigenvalue weighted by molar-refractivity contribution is 7.03. The molecule has 0 bridgehead atoms. The minimum Gasteiger partial charge on any atom is -0.478 e. The standard InChI is InChI=1S/C10H6ClN3O3S/c11-6-2-1-5(10(16)17)3-7(6)12-9(15)8-4-18-14-13-8/h1-4H,(H,12,15)(H,16,17). The van der Waals surface area contributed by atoms with Crippen molar-refractivity contribution < 1.29 is 14.7 Å². The molecule has 0 aliphatic carbocycles. The zero-order chi connectivity index (χ0) is 13.1. The molecule has 6 nitrogen and oxygen atoms in total. The van der Waals surface area contributed by atoms with E-state index in [2.05, 4.69) is 14.9 Å². The average molecular weight is 284 g/mol. The van der Waals surface area contributed by atoms with Gasteiger partial charge in [0.25, 0.3) is 5.91 Å². The molecular weight excluding hydrogens is 278 g/mol. The molecule has 0 spiro atoms. The Morgan fingerprint density at radius 2 is 2.17 bits per heavy atom. The van der Waals surface area contributed by atoms with Crippen molar-refractivity contribution >= 4 is 40.7 Å². The number of carbonyl (C=O) groups excluding carboxylic acids is 1. The van der Waals surface area contributed by atoms with Gasteiger partial charge >= 0.3 is 5.97 Å². The van der Waals surface area contributed by atoms with E-state index >= 15 is 0 Å². The van der Waals surface area contributed by atoms with Crippen molar-refractivity contribution in [3.8, 4) is 0 Å². The third-order valence-electron chi connectivity index (χ3n) is 2.05. The number of carboxylic acid groups (broad SMARTS) is 1. The summed E-state index contributed by atoms with van der Waals surface area (Å²) >= 11 is 6.91. The van der Waals surface area contributed by atoms with Gasteiger partial charge in [0.15, 0.2) is 5.69 Å². The molecule has 0 aliphatic heterocycles. The van der Waals surface area contributed by atoms with Crippen LogP contribution in [0.15, 0.2) is 23.6 Å². The second kappa shape index (κ2) is 5.11. The van der Waals surface area contributed by atoms with Crippen LogP contribution >= 0.6 is 23.1 Å². The molecule has 0 fully saturated rings. The molecule has 0 atom stereocenters. The van der Waals surface area contributed by atoms with E-state index in [9.17, 15) is 9.59 Å². The van der Waals surface area contributed by atoms with Crippen LogP contribution in [-0.2, 0) is 0 Å². The summed E-state index contributed by atoms with van der Waals surface area (Å²) in [4.78, 5) is 22.5. The molecule has 0 aliphatic rings. The maximum absolute atomic E-state index is 11.7. The number of carboxylic acids is 1. The number of rotatable bonds is 3. The van der Waals surface area contributed by atoms with Gasteiger partial charge in [0, 0.05) is 5.38 Å². The molecule has 0 radical (unpaired) electrons. The number of anilines is 1. The molecule has 2 N–H and O–H groups in total. The Morgan fingerprint density at radius 1 is 1.39 bits per heavy atom. The first-order valence-electron chi connectivity index (χ1n) is 4.69. The van der Waals surface area contributed by atoms with Crippen LogP contribution in [0.5, 0.6) is 0 Å². The number of hydrogen-bond donors (Lipinski definition) is 2. The van der Waals surface area contributed by atoms with E-state index < -0.39 is 11.9 Å². The second-order valence-electron chi connectivity index (χ2n) is 3.24. The van der Waals surface area contributed by atoms with Gasteiger partial charge in [-0.05, 0) is 29.7 Å². The van der Waals surface area contributed by atoms with Gasteiger partial charge in [-0.2, -0.15) is 0 Å². The van der Waals surface area contributed by atoms with Crippen LogP contribution in [0.2, 0.25) is 5.02 Å². The van der Waals surface area contributed by atoms with Gasteiger partial charge in [-0.25, -0.2) is 4.79 Å². The van der Waals surface area contributed by atoms with E-state index in [1.165, 1.54) is 23.6 Å². The molecule has 92 valence electrons. The molecule has 1 heterocycles. The number of aromatic nitrogens is 2. The van der Waals surface area contributed by atoms with E-state index in [1.807, 2.05) is 0 Å². The van der Waals surface area contributed by atoms with E-state index in [4.69, 9.17) is 16.7 Å². The summed E-state index contributed by atoms with van der Waals surface area (Å²) in [7, 11) is 0. The highest BCUT2D eigenvalue weighted by atomic mass is 35.5. The number of halogens is 1. The topological polar surface area (TPSA) is 92.2 Å². The maximum atomic E-state index is 11.7. The van der Waals surface area contributed by atoms with Crippen molar-refractivity contribution in [3.05, 3.63) is 39.9 Å². The van der Waals surface area contributed by atoms with Gasteiger partial charge in [-0.3, -0.25) is 4.79 Å². The van der Waals surface area contributed by atoms with Crippen LogP contribution in [0.4, 0.5) is 5.69 Å². The molecule has 8 heteroatoms. The number of nitrogens with one attached hydrogen (secondary N) is 1. The Labute approximate surface area is 110 Å². The van der Waals surface area contributed by atoms with Crippen molar-refractivity contribution in [2.24, 2.45) is 0 Å². The zero-order valence-electron chi connectivity index (χ0n) is 8.75. The fraction of sp³-hybridized carbons (Fsp3) is 0. The van der Waals surface area contributed by atoms with Crippen LogP contribution in [-0.4, -0.2) is 26.6 Å². The lowest BCUT2D eigenvalue weighted by Crippen LogP contribution is -2.13. The summed E-state index contributed by atoms with van der Waals surface area (Å²) < 4.78 is 3.56. The van der Waals surface area contributed by atoms with E-state index in [-0.39, 0.29) is 22.0 Å². The van der Waals surface area contributed by atoms with Crippen LogP contribution in [0.1, 0.15) is 20.8 Å². The molecular formula is C10H6ClN3O3S. The predicted octanol–water partition coefficient (Wildman–Crippen LogP) is 2.14. The van der Waals surface area contributed by atoms with Crippen molar-refractivity contribution in [1.82, 2.24) is 9.59 Å². The highest BCUT2D eigenvalue weighted by Gasteiger charge is 2.13. The van der Waals surface area contributed by atoms with Gasteiger partial charge in [0.1, 0.15) is 0 Å². The summed E-state index contributed by atoms with van der Waals surface area (Å²) in [6.07, 6.45) is 0. The molecule has 2 aromatic rings. The van der Waals surface area contributed by atoms with Crippen molar-refractivity contribution in [2.75, 3.05) is 5.32 Å². The molecule has 1 aromatic carbocycles. The Balaban J connectivity index is 2.26. The lowest BCUT2D eigenvalue weighted by molar-refractivity contribution is 0.0696. The lowest BCUT2D eigenvalue weighted by Gasteiger charge is -2.06. The van der Waals surface area contributed by atoms with Gasteiger partial charge < -0.3 is 10.4 Å². The molecule has 0 saturated heterocycles. The number of benzene rings is 1. The van der Waals surface area contributed by atoms with Crippen molar-refractivity contribution in [3.63, 3.8) is 0 Å². The Bertz CT molecular complexity index is 600. The fourth-order valence-electron chi connectivity index (χ4n) is 1.20. The van der Waals surface area contributed by atoms with Crippen LogP contribution in [0.3, 0.4) is 0 Å². The molecule has 0 saturated carbocycles. The third kappa shape index (κ3) is 2.63. The summed E-state index contributed by atoms with van der Waals surface area (Å²) in [5.41, 5.74) is 0.400. The average Bonchev–Trinajstić information content (AvgIpc) is 2.85. The van der Waals surface area contributed by atoms with Gasteiger partial charge in [-0.1, -0.05) is 16.1 Å². The quantitative estimate of drug-likeness (QED) is 0.900. The second-order valence-corrected chi connectivity index (χ2v) is 4.26. The number of nitrogens with zero attached hydrogens (tertiary/aromatic N) is 2. The Kier molecular flexibility index (Phi) is 3.54. The smallest absolute Gasteiger partial charge is 0.335 e. The number of amides is 1. The van der Waals surface area contributed by atoms with Crippen LogP contribution in [0, 0.1) is 0 Å². The lowest BCUT2D eigenvalue weighted by atomic mass is 10.2. The van der Waals surface area contributed by atoms with E-state index in [0.29, 0.717) is 0 Å². The molecule has 1 aromatic heterocycles. The summed E-state index contributed by atoms with van der Waals surface area (Å²) in [5, 5.41) is 16.6. The van der Waals surface area contributed by atoms with Gasteiger partial charge in [0.05, 0.1) is 16.3 Å². The molecule has 1 amide bonds. The maximum Gasteiger partial charge on any atom is 0.335 e. The van der Waals surface area contributed by atoms with Crippen LogP contribution in [0.25, 0.3) is 0 Å². The highest BCUT2D eigenvalue weighted by Crippen LogP contribution is 2.23. The van der Waals surface area contributed by atoms with Crippen molar-refractivity contribution in [2.45, 2.75) is 0 Å². The normalized spacial score (nSPS) is 10.1. The largest absolute Gasteiger partial charge is 0.478 e. The molecule has 0 unspecified atom stereocenters. The number of hydrogen-bond acceptors (Lipinski definition) is 5. The molecule has 2 rings (SSSR count). The first-order valence-corrected chi connectivity index (χ1v) is 5.90. The Morgan fingerprint density at radius 3 is 2.78 bits per heavy atom. The SMILES string of the molecule is O=C(O)c1ccc(Cl)c(NC(=O)c2csnn2)c1. The number of aromatic carboxylic acids is 1. The summed E-state index contributed by atoms with van der Waals surface area (Å²) in [5.74, 6) is -1.59. The fourth-order valence-corrected chi connectivity index (χ4v) is 1.81. The number of carbonyl (C=O) groups is 2. The first kappa shape index (κ1) is 12.5. The Hall–Kier alpha value is -1.99. The summed E-state index contributed by atoms with van der Waals surface area (Å²) in [6, 6.07) is 4.03. The molecule has 18 heavy (non-hydrogen) atoms. The monoisotopic (exact) mass is 283 g/mol.